The van der Waals surface area contributed by atoms with Crippen LogP contribution in [0.15, 0.2) is 48.7 Å². The lowest BCUT2D eigenvalue weighted by atomic mass is 10.1. The Hall–Kier alpha value is -1.81. The van der Waals surface area contributed by atoms with Gasteiger partial charge in [0.1, 0.15) is 0 Å². The smallest absolute Gasteiger partial charge is 0.317 e. The minimum Gasteiger partial charge on any atom is -0.391 e. The molecule has 0 atom stereocenters. The molecule has 1 heterocycles. The summed E-state index contributed by atoms with van der Waals surface area (Å²) in [6.07, 6.45) is 2.18. The van der Waals surface area contributed by atoms with Gasteiger partial charge in [0.25, 0.3) is 0 Å². The molecule has 3 nitrogen and oxygen atoms in total. The summed E-state index contributed by atoms with van der Waals surface area (Å²) >= 11 is 1.17. The van der Waals surface area contributed by atoms with Gasteiger partial charge in [-0.05, 0) is 17.7 Å². The zero-order valence-electron chi connectivity index (χ0n) is 10.7. The van der Waals surface area contributed by atoms with E-state index in [1.54, 1.807) is 13.1 Å². The summed E-state index contributed by atoms with van der Waals surface area (Å²) in [5.41, 5.74) is 3.10. The molecule has 0 aliphatic heterocycles. The number of benzene rings is 1. The lowest BCUT2D eigenvalue weighted by Gasteiger charge is -2.04. The summed E-state index contributed by atoms with van der Waals surface area (Å²) in [6.45, 7) is 1.78. The molecule has 0 saturated heterocycles. The van der Waals surface area contributed by atoms with Crippen LogP contribution in [0.1, 0.15) is 18.9 Å². The first-order valence-electron chi connectivity index (χ1n) is 6.12. The highest BCUT2D eigenvalue weighted by Crippen LogP contribution is 2.20. The van der Waals surface area contributed by atoms with Crippen LogP contribution in [0.5, 0.6) is 0 Å². The maximum absolute atomic E-state index is 11.0. The molecule has 0 N–H and O–H groups in total. The van der Waals surface area contributed by atoms with Crippen LogP contribution in [-0.2, 0) is 14.7 Å². The van der Waals surface area contributed by atoms with Crippen LogP contribution in [-0.4, -0.2) is 11.0 Å². The van der Waals surface area contributed by atoms with Gasteiger partial charge in [-0.15, -0.1) is 0 Å². The second-order valence-corrected chi connectivity index (χ2v) is 4.68. The molecule has 0 aliphatic carbocycles. The average molecular weight is 273 g/mol. The Morgan fingerprint density at radius 1 is 1.26 bits per heavy atom. The van der Waals surface area contributed by atoms with Crippen LogP contribution >= 0.6 is 12.0 Å². The van der Waals surface area contributed by atoms with Crippen molar-refractivity contribution in [2.75, 3.05) is 0 Å². The molecule has 0 aliphatic rings. The molecule has 0 amide bonds. The van der Waals surface area contributed by atoms with Gasteiger partial charge < -0.3 is 4.18 Å². The fraction of sp³-hybridized carbons (Fsp3) is 0.200. The van der Waals surface area contributed by atoms with Crippen LogP contribution in [0, 0.1) is 0 Å². The quantitative estimate of drug-likeness (QED) is 0.776. The number of aromatic nitrogens is 1. The molecule has 2 aromatic rings. The summed E-state index contributed by atoms with van der Waals surface area (Å²) in [7, 11) is 0. The van der Waals surface area contributed by atoms with Crippen molar-refractivity contribution in [3.63, 3.8) is 0 Å². The number of hydrogen-bond acceptors (Lipinski definition) is 4. The summed E-state index contributed by atoms with van der Waals surface area (Å²) in [4.78, 5) is 15.4. The molecule has 4 heteroatoms. The van der Waals surface area contributed by atoms with E-state index < -0.39 is 0 Å². The number of pyridine rings is 1. The van der Waals surface area contributed by atoms with Crippen molar-refractivity contribution in [1.29, 1.82) is 0 Å². The highest BCUT2D eigenvalue weighted by Gasteiger charge is 2.03. The monoisotopic (exact) mass is 273 g/mol. The summed E-state index contributed by atoms with van der Waals surface area (Å²) in [5.74, 6) is 0.441. The van der Waals surface area contributed by atoms with Gasteiger partial charge in [0.2, 0.25) is 0 Å². The van der Waals surface area contributed by atoms with E-state index >= 15 is 0 Å². The molecule has 0 unspecified atom stereocenters. The van der Waals surface area contributed by atoms with E-state index in [1.165, 1.54) is 12.0 Å². The highest BCUT2D eigenvalue weighted by molar-refractivity contribution is 7.94. The first kappa shape index (κ1) is 13.6. The molecular weight excluding hydrogens is 258 g/mol. The SMILES string of the molecule is CCC(=O)OSCc1ccnc(-c2ccccc2)c1. The zero-order valence-corrected chi connectivity index (χ0v) is 11.5. The van der Waals surface area contributed by atoms with Crippen molar-refractivity contribution >= 4 is 18.0 Å². The van der Waals surface area contributed by atoms with Gasteiger partial charge in [-0.3, -0.25) is 9.78 Å². The van der Waals surface area contributed by atoms with E-state index in [2.05, 4.69) is 4.98 Å². The van der Waals surface area contributed by atoms with Crippen molar-refractivity contribution < 1.29 is 8.98 Å². The van der Waals surface area contributed by atoms with Crippen molar-refractivity contribution in [2.45, 2.75) is 19.1 Å². The zero-order chi connectivity index (χ0) is 13.5. The number of nitrogens with zero attached hydrogens (tertiary/aromatic N) is 1. The minimum atomic E-state index is -0.192. The van der Waals surface area contributed by atoms with Crippen molar-refractivity contribution in [3.8, 4) is 11.3 Å². The number of hydrogen-bond donors (Lipinski definition) is 0. The Balaban J connectivity index is 2.02. The Bertz CT molecular complexity index is 543. The lowest BCUT2D eigenvalue weighted by molar-refractivity contribution is -0.132. The molecule has 98 valence electrons. The minimum absolute atomic E-state index is 0.192. The second kappa shape index (κ2) is 6.95. The number of carbonyl (C=O) groups is 1. The van der Waals surface area contributed by atoms with Gasteiger partial charge in [0.15, 0.2) is 0 Å². The van der Waals surface area contributed by atoms with E-state index in [9.17, 15) is 4.79 Å². The Morgan fingerprint density at radius 3 is 2.79 bits per heavy atom. The summed E-state index contributed by atoms with van der Waals surface area (Å²) in [6, 6.07) is 13.9. The molecule has 1 aromatic carbocycles. The molecule has 2 rings (SSSR count). The predicted molar refractivity (Wildman–Crippen MR) is 77.4 cm³/mol. The Kier molecular flexibility index (Phi) is 4.98. The van der Waals surface area contributed by atoms with Gasteiger partial charge in [-0.1, -0.05) is 37.3 Å². The first-order chi connectivity index (χ1) is 9.29. The molecule has 0 spiro atoms. The average Bonchev–Trinajstić information content (AvgIpc) is 2.48. The Morgan fingerprint density at radius 2 is 2.05 bits per heavy atom. The molecule has 0 saturated carbocycles. The van der Waals surface area contributed by atoms with E-state index in [4.69, 9.17) is 4.18 Å². The molecule has 0 radical (unpaired) electrons. The lowest BCUT2D eigenvalue weighted by Crippen LogP contribution is -1.95. The van der Waals surface area contributed by atoms with Crippen molar-refractivity contribution in [2.24, 2.45) is 0 Å². The summed E-state index contributed by atoms with van der Waals surface area (Å²) in [5, 5.41) is 0. The first-order valence-corrected chi connectivity index (χ1v) is 7.03. The van der Waals surface area contributed by atoms with Gasteiger partial charge in [-0.2, -0.15) is 0 Å². The molecule has 1 aromatic heterocycles. The predicted octanol–water partition coefficient (Wildman–Crippen LogP) is 3.85. The maximum Gasteiger partial charge on any atom is 0.317 e. The molecular formula is C15H15NO2S. The van der Waals surface area contributed by atoms with E-state index in [-0.39, 0.29) is 5.97 Å². The van der Waals surface area contributed by atoms with Gasteiger partial charge in [0, 0.05) is 18.2 Å². The Labute approximate surface area is 117 Å². The molecule has 0 bridgehead atoms. The van der Waals surface area contributed by atoms with Gasteiger partial charge in [0.05, 0.1) is 23.5 Å². The van der Waals surface area contributed by atoms with E-state index in [0.717, 1.165) is 16.8 Å². The largest absolute Gasteiger partial charge is 0.391 e. The standard InChI is InChI=1S/C15H15NO2S/c1-2-15(17)18-19-11-12-8-9-16-14(10-12)13-6-4-3-5-7-13/h3-10H,2,11H2,1H3. The van der Waals surface area contributed by atoms with Crippen LogP contribution < -0.4 is 0 Å². The van der Waals surface area contributed by atoms with Crippen molar-refractivity contribution in [3.05, 3.63) is 54.2 Å². The third kappa shape index (κ3) is 4.10. The van der Waals surface area contributed by atoms with Crippen molar-refractivity contribution in [1.82, 2.24) is 4.98 Å². The highest BCUT2D eigenvalue weighted by atomic mass is 32.2. The van der Waals surface area contributed by atoms with E-state index in [0.29, 0.717) is 12.2 Å². The van der Waals surface area contributed by atoms with E-state index in [1.807, 2.05) is 42.5 Å². The van der Waals surface area contributed by atoms with Crippen LogP contribution in [0.25, 0.3) is 11.3 Å². The summed E-state index contributed by atoms with van der Waals surface area (Å²) < 4.78 is 5.00. The molecule has 0 fully saturated rings. The van der Waals surface area contributed by atoms with Crippen LogP contribution in [0.3, 0.4) is 0 Å². The third-order valence-corrected chi connectivity index (χ3v) is 3.31. The third-order valence-electron chi connectivity index (χ3n) is 2.56. The fourth-order valence-electron chi connectivity index (χ4n) is 1.55. The topological polar surface area (TPSA) is 39.2 Å². The van der Waals surface area contributed by atoms with Gasteiger partial charge >= 0.3 is 5.97 Å². The number of carbonyl (C=O) groups excluding carboxylic acids is 1. The van der Waals surface area contributed by atoms with Crippen LogP contribution in [0.2, 0.25) is 0 Å². The maximum atomic E-state index is 11.0. The fourth-order valence-corrected chi connectivity index (χ4v) is 2.18. The number of rotatable bonds is 5. The second-order valence-electron chi connectivity index (χ2n) is 3.99. The van der Waals surface area contributed by atoms with Gasteiger partial charge in [-0.25, -0.2) is 0 Å². The van der Waals surface area contributed by atoms with Crippen LogP contribution in [0.4, 0.5) is 0 Å². The molecule has 19 heavy (non-hydrogen) atoms. The normalized spacial score (nSPS) is 10.2.